The summed E-state index contributed by atoms with van der Waals surface area (Å²) in [5.74, 6) is 1.00. The Morgan fingerprint density at radius 3 is 2.12 bits per heavy atom. The second-order valence-electron chi connectivity index (χ2n) is 8.44. The van der Waals surface area contributed by atoms with Crippen molar-refractivity contribution < 1.29 is 17.9 Å². The fourth-order valence-corrected chi connectivity index (χ4v) is 4.10. The number of aryl methyl sites for hydroxylation is 2. The fraction of sp³-hybridized carbons (Fsp3) is 0.269. The van der Waals surface area contributed by atoms with E-state index in [0.29, 0.717) is 29.5 Å². The van der Waals surface area contributed by atoms with E-state index in [1.807, 2.05) is 19.9 Å². The molecular weight excluding hydrogens is 436 g/mol. The van der Waals surface area contributed by atoms with E-state index in [0.717, 1.165) is 23.3 Å². The summed E-state index contributed by atoms with van der Waals surface area (Å²) < 4.78 is 33.6. The van der Waals surface area contributed by atoms with Crippen LogP contribution in [-0.2, 0) is 10.0 Å². The molecule has 2 N–H and O–H groups in total. The third kappa shape index (κ3) is 6.83. The van der Waals surface area contributed by atoms with Crippen molar-refractivity contribution in [1.82, 2.24) is 0 Å². The van der Waals surface area contributed by atoms with Gasteiger partial charge in [-0.15, -0.1) is 0 Å². The van der Waals surface area contributed by atoms with Crippen molar-refractivity contribution in [1.29, 1.82) is 0 Å². The molecule has 0 fully saturated rings. The predicted molar refractivity (Wildman–Crippen MR) is 133 cm³/mol. The van der Waals surface area contributed by atoms with Crippen LogP contribution in [0.5, 0.6) is 5.75 Å². The Morgan fingerprint density at radius 2 is 1.52 bits per heavy atom. The van der Waals surface area contributed by atoms with Gasteiger partial charge in [0.2, 0.25) is 0 Å². The molecule has 0 unspecified atom stereocenters. The number of nitrogens with one attached hydrogen (secondary N) is 2. The zero-order valence-electron chi connectivity index (χ0n) is 19.4. The van der Waals surface area contributed by atoms with Crippen molar-refractivity contribution in [3.8, 4) is 5.75 Å². The molecule has 0 aliphatic carbocycles. The molecule has 0 heterocycles. The van der Waals surface area contributed by atoms with Gasteiger partial charge in [-0.3, -0.25) is 9.52 Å². The van der Waals surface area contributed by atoms with Gasteiger partial charge < -0.3 is 10.1 Å². The summed E-state index contributed by atoms with van der Waals surface area (Å²) in [5, 5.41) is 2.78. The largest absolute Gasteiger partial charge is 0.494 e. The minimum absolute atomic E-state index is 0.113. The Morgan fingerprint density at radius 1 is 0.879 bits per heavy atom. The summed E-state index contributed by atoms with van der Waals surface area (Å²) in [7, 11) is -3.73. The van der Waals surface area contributed by atoms with E-state index >= 15 is 0 Å². The Kier molecular flexibility index (Phi) is 7.76. The molecule has 0 aliphatic rings. The predicted octanol–water partition coefficient (Wildman–Crippen LogP) is 5.78. The summed E-state index contributed by atoms with van der Waals surface area (Å²) >= 11 is 0. The molecule has 174 valence electrons. The number of benzene rings is 3. The minimum Gasteiger partial charge on any atom is -0.494 e. The normalized spacial score (nSPS) is 11.3. The third-order valence-corrected chi connectivity index (χ3v) is 6.66. The molecule has 0 saturated carbocycles. The molecular formula is C26H30N2O4S. The van der Waals surface area contributed by atoms with Crippen LogP contribution >= 0.6 is 0 Å². The van der Waals surface area contributed by atoms with Gasteiger partial charge in [0.25, 0.3) is 15.9 Å². The van der Waals surface area contributed by atoms with Crippen LogP contribution in [0.25, 0.3) is 0 Å². The van der Waals surface area contributed by atoms with E-state index < -0.39 is 10.0 Å². The first-order valence-electron chi connectivity index (χ1n) is 10.9. The lowest BCUT2D eigenvalue weighted by atomic mass is 10.1. The second kappa shape index (κ2) is 10.5. The molecule has 0 aliphatic heterocycles. The van der Waals surface area contributed by atoms with Gasteiger partial charge in [0.15, 0.2) is 0 Å². The number of ether oxygens (including phenoxy) is 1. The fourth-order valence-electron chi connectivity index (χ4n) is 3.05. The third-order valence-electron chi connectivity index (χ3n) is 5.26. The van der Waals surface area contributed by atoms with Gasteiger partial charge >= 0.3 is 0 Å². The lowest BCUT2D eigenvalue weighted by Gasteiger charge is -2.11. The number of rotatable bonds is 9. The Labute approximate surface area is 196 Å². The molecule has 3 rings (SSSR count). The maximum Gasteiger partial charge on any atom is 0.261 e. The summed E-state index contributed by atoms with van der Waals surface area (Å²) in [6.07, 6.45) is 0.966. The van der Waals surface area contributed by atoms with Gasteiger partial charge in [0.05, 0.1) is 11.5 Å². The Hall–Kier alpha value is -3.32. The Balaban J connectivity index is 1.61. The van der Waals surface area contributed by atoms with Crippen LogP contribution in [0, 0.1) is 19.8 Å². The molecule has 0 atom stereocenters. The van der Waals surface area contributed by atoms with E-state index in [9.17, 15) is 13.2 Å². The first-order valence-corrected chi connectivity index (χ1v) is 12.4. The van der Waals surface area contributed by atoms with Gasteiger partial charge in [-0.2, -0.15) is 0 Å². The Bertz CT molecular complexity index is 1200. The van der Waals surface area contributed by atoms with E-state index in [4.69, 9.17) is 4.74 Å². The van der Waals surface area contributed by atoms with Gasteiger partial charge in [-0.25, -0.2) is 8.42 Å². The van der Waals surface area contributed by atoms with Crippen molar-refractivity contribution >= 4 is 27.3 Å². The van der Waals surface area contributed by atoms with Crippen LogP contribution in [0.3, 0.4) is 0 Å². The van der Waals surface area contributed by atoms with Gasteiger partial charge in [0.1, 0.15) is 5.75 Å². The standard InChI is InChI=1S/C26H30N2O4S/c1-18(2)15-16-32-24-11-6-21(7-12-24)26(29)27-22-9-13-25(14-10-22)33(30,31)28-23-8-5-19(3)20(4)17-23/h5-14,17-18,28H,15-16H2,1-4H3,(H,27,29). The van der Waals surface area contributed by atoms with Crippen molar-refractivity contribution in [2.75, 3.05) is 16.6 Å². The molecule has 7 heteroatoms. The highest BCUT2D eigenvalue weighted by molar-refractivity contribution is 7.92. The van der Waals surface area contributed by atoms with Crippen LogP contribution in [0.1, 0.15) is 41.8 Å². The molecule has 0 spiro atoms. The van der Waals surface area contributed by atoms with Crippen molar-refractivity contribution in [3.05, 3.63) is 83.4 Å². The lowest BCUT2D eigenvalue weighted by molar-refractivity contribution is 0.102. The first kappa shape index (κ1) is 24.3. The minimum atomic E-state index is -3.73. The summed E-state index contributed by atoms with van der Waals surface area (Å²) in [5.41, 5.74) is 3.59. The second-order valence-corrected chi connectivity index (χ2v) is 10.1. The zero-order valence-corrected chi connectivity index (χ0v) is 20.2. The lowest BCUT2D eigenvalue weighted by Crippen LogP contribution is -2.14. The van der Waals surface area contributed by atoms with Crippen LogP contribution in [0.4, 0.5) is 11.4 Å². The molecule has 6 nitrogen and oxygen atoms in total. The SMILES string of the molecule is Cc1ccc(NS(=O)(=O)c2ccc(NC(=O)c3ccc(OCCC(C)C)cc3)cc2)cc1C. The molecule has 0 saturated heterocycles. The summed E-state index contributed by atoms with van der Waals surface area (Å²) in [6, 6.07) is 18.4. The molecule has 3 aromatic carbocycles. The number of amides is 1. The highest BCUT2D eigenvalue weighted by Crippen LogP contribution is 2.21. The molecule has 0 aromatic heterocycles. The van der Waals surface area contributed by atoms with E-state index in [1.165, 1.54) is 12.1 Å². The number of carbonyl (C=O) groups excluding carboxylic acids is 1. The van der Waals surface area contributed by atoms with Gasteiger partial charge in [0, 0.05) is 16.9 Å². The monoisotopic (exact) mass is 466 g/mol. The summed E-state index contributed by atoms with van der Waals surface area (Å²) in [6.45, 7) is 8.81. The van der Waals surface area contributed by atoms with E-state index in [1.54, 1.807) is 48.5 Å². The molecule has 3 aromatic rings. The average Bonchev–Trinajstić information content (AvgIpc) is 2.77. The number of carbonyl (C=O) groups is 1. The maximum absolute atomic E-state index is 12.7. The van der Waals surface area contributed by atoms with Gasteiger partial charge in [-0.1, -0.05) is 19.9 Å². The molecule has 0 bridgehead atoms. The van der Waals surface area contributed by atoms with Crippen LogP contribution < -0.4 is 14.8 Å². The quantitative estimate of drug-likeness (QED) is 0.419. The van der Waals surface area contributed by atoms with Crippen molar-refractivity contribution in [2.45, 2.75) is 39.0 Å². The highest BCUT2D eigenvalue weighted by atomic mass is 32.2. The van der Waals surface area contributed by atoms with Crippen molar-refractivity contribution in [2.24, 2.45) is 5.92 Å². The molecule has 1 amide bonds. The number of hydrogen-bond donors (Lipinski definition) is 2. The van der Waals surface area contributed by atoms with Crippen LogP contribution in [-0.4, -0.2) is 20.9 Å². The topological polar surface area (TPSA) is 84.5 Å². The number of hydrogen-bond acceptors (Lipinski definition) is 4. The zero-order chi connectivity index (χ0) is 24.0. The maximum atomic E-state index is 12.7. The van der Waals surface area contributed by atoms with Crippen LogP contribution in [0.15, 0.2) is 71.6 Å². The average molecular weight is 467 g/mol. The summed E-state index contributed by atoms with van der Waals surface area (Å²) in [4.78, 5) is 12.6. The smallest absolute Gasteiger partial charge is 0.261 e. The van der Waals surface area contributed by atoms with Crippen LogP contribution in [0.2, 0.25) is 0 Å². The number of anilines is 2. The van der Waals surface area contributed by atoms with E-state index in [-0.39, 0.29) is 10.8 Å². The molecule has 33 heavy (non-hydrogen) atoms. The van der Waals surface area contributed by atoms with E-state index in [2.05, 4.69) is 23.9 Å². The number of sulfonamides is 1. The van der Waals surface area contributed by atoms with Gasteiger partial charge in [-0.05, 0) is 98.0 Å². The molecule has 0 radical (unpaired) electrons. The highest BCUT2D eigenvalue weighted by Gasteiger charge is 2.15. The van der Waals surface area contributed by atoms with Crippen molar-refractivity contribution in [3.63, 3.8) is 0 Å². The first-order chi connectivity index (χ1) is 15.6.